The molecule has 4 rings (SSSR count). The number of nitrogens with zero attached hydrogens (tertiary/aromatic N) is 4. The molecule has 1 fully saturated rings. The fraction of sp³-hybridized carbons (Fsp3) is 0.391. The lowest BCUT2D eigenvalue weighted by atomic mass is 10.1. The van der Waals surface area contributed by atoms with Crippen LogP contribution in [0.5, 0.6) is 17.4 Å². The minimum Gasteiger partial charge on any atom is -0.494 e. The van der Waals surface area contributed by atoms with Gasteiger partial charge < -0.3 is 14.6 Å². The molecule has 0 amide bonds. The zero-order valence-electron chi connectivity index (χ0n) is 19.8. The number of aromatic nitrogens is 4. The van der Waals surface area contributed by atoms with E-state index in [-0.39, 0.29) is 23.9 Å². The monoisotopic (exact) mass is 519 g/mol. The molecule has 2 N–H and O–H groups in total. The van der Waals surface area contributed by atoms with Crippen molar-refractivity contribution in [1.29, 1.82) is 0 Å². The summed E-state index contributed by atoms with van der Waals surface area (Å²) < 4.78 is 53.0. The first kappa shape index (κ1) is 25.4. The van der Waals surface area contributed by atoms with Crippen LogP contribution < -0.4 is 19.8 Å². The summed E-state index contributed by atoms with van der Waals surface area (Å²) in [5, 5.41) is 10.7. The molecule has 0 unspecified atom stereocenters. The number of anilines is 1. The molecular formula is C23H26FN5O6S. The number of nitrogens with one attached hydrogen (secondary N) is 1. The standard InChI is InChI=1S/C23H26FN5O6S/c1-34-16-8-5-9-17(35-2)20(16)29-21(14-6-3-4-7-14)27-22(30)19(23(29)31)28-36(32,33)11-10-18-25-12-15(24)13-26-18/h5,8-9,12-14,28,30H,3-4,6-7,10-11H2,1-2H3. The Morgan fingerprint density at radius 2 is 1.75 bits per heavy atom. The van der Waals surface area contributed by atoms with Crippen LogP contribution in [-0.4, -0.2) is 53.0 Å². The number of para-hydroxylation sites is 1. The van der Waals surface area contributed by atoms with E-state index >= 15 is 0 Å². The molecule has 36 heavy (non-hydrogen) atoms. The summed E-state index contributed by atoms with van der Waals surface area (Å²) in [4.78, 5) is 25.5. The van der Waals surface area contributed by atoms with Crippen molar-refractivity contribution in [1.82, 2.24) is 19.5 Å². The Morgan fingerprint density at radius 1 is 1.14 bits per heavy atom. The summed E-state index contributed by atoms with van der Waals surface area (Å²) in [5.41, 5.74) is -1.18. The zero-order chi connectivity index (χ0) is 25.9. The van der Waals surface area contributed by atoms with E-state index in [9.17, 15) is 22.7 Å². The van der Waals surface area contributed by atoms with Crippen LogP contribution in [-0.2, 0) is 16.4 Å². The molecule has 0 radical (unpaired) electrons. The largest absolute Gasteiger partial charge is 0.494 e. The molecule has 0 atom stereocenters. The van der Waals surface area contributed by atoms with Crippen molar-refractivity contribution >= 4 is 15.7 Å². The quantitative estimate of drug-likeness (QED) is 0.435. The molecule has 11 nitrogen and oxygen atoms in total. The Bertz CT molecular complexity index is 1380. The number of aromatic hydroxyl groups is 1. The average Bonchev–Trinajstić information content (AvgIpc) is 3.40. The second-order valence-electron chi connectivity index (χ2n) is 8.29. The Balaban J connectivity index is 1.79. The van der Waals surface area contributed by atoms with E-state index in [4.69, 9.17) is 9.47 Å². The first-order chi connectivity index (χ1) is 17.2. The summed E-state index contributed by atoms with van der Waals surface area (Å²) in [5.74, 6) is -0.994. The van der Waals surface area contributed by atoms with E-state index in [0.717, 1.165) is 38.1 Å². The van der Waals surface area contributed by atoms with Crippen molar-refractivity contribution in [3.8, 4) is 23.1 Å². The molecule has 0 spiro atoms. The van der Waals surface area contributed by atoms with Crippen molar-refractivity contribution < 1.29 is 27.4 Å². The van der Waals surface area contributed by atoms with E-state index in [1.54, 1.807) is 18.2 Å². The predicted octanol–water partition coefficient (Wildman–Crippen LogP) is 2.53. The number of rotatable bonds is 9. The van der Waals surface area contributed by atoms with E-state index in [1.165, 1.54) is 18.8 Å². The number of hydrogen-bond acceptors (Lipinski definition) is 9. The third-order valence-corrected chi connectivity index (χ3v) is 7.22. The second-order valence-corrected chi connectivity index (χ2v) is 10.1. The number of benzene rings is 1. The number of hydrogen-bond donors (Lipinski definition) is 2. The molecule has 1 saturated carbocycles. The molecule has 1 aliphatic rings. The van der Waals surface area contributed by atoms with Gasteiger partial charge in [0, 0.05) is 12.3 Å². The lowest BCUT2D eigenvalue weighted by Crippen LogP contribution is -2.31. The Morgan fingerprint density at radius 3 is 2.33 bits per heavy atom. The fourth-order valence-electron chi connectivity index (χ4n) is 4.24. The van der Waals surface area contributed by atoms with Crippen molar-refractivity contribution in [2.24, 2.45) is 0 Å². The van der Waals surface area contributed by atoms with Gasteiger partial charge in [0.15, 0.2) is 11.5 Å². The topological polar surface area (TPSA) is 146 Å². The van der Waals surface area contributed by atoms with Gasteiger partial charge in [-0.2, -0.15) is 4.98 Å². The van der Waals surface area contributed by atoms with Gasteiger partial charge in [0.05, 0.1) is 32.4 Å². The van der Waals surface area contributed by atoms with Crippen LogP contribution in [0.2, 0.25) is 0 Å². The van der Waals surface area contributed by atoms with Crippen LogP contribution in [0.15, 0.2) is 35.4 Å². The van der Waals surface area contributed by atoms with E-state index in [2.05, 4.69) is 19.7 Å². The van der Waals surface area contributed by atoms with E-state index < -0.39 is 38.7 Å². The van der Waals surface area contributed by atoms with E-state index in [0.29, 0.717) is 17.3 Å². The smallest absolute Gasteiger partial charge is 0.286 e. The highest BCUT2D eigenvalue weighted by atomic mass is 32.2. The van der Waals surface area contributed by atoms with Gasteiger partial charge in [-0.15, -0.1) is 0 Å². The third-order valence-electron chi connectivity index (χ3n) is 5.96. The Kier molecular flexibility index (Phi) is 7.38. The molecule has 1 aliphatic carbocycles. The van der Waals surface area contributed by atoms with E-state index in [1.807, 2.05) is 0 Å². The summed E-state index contributed by atoms with van der Waals surface area (Å²) in [6.07, 6.45) is 5.10. The Labute approximate surface area is 207 Å². The number of halogens is 1. The first-order valence-electron chi connectivity index (χ1n) is 11.3. The summed E-state index contributed by atoms with van der Waals surface area (Å²) in [6.45, 7) is 0. The normalized spacial score (nSPS) is 14.1. The Hall–Kier alpha value is -3.74. The lowest BCUT2D eigenvalue weighted by molar-refractivity contribution is 0.387. The van der Waals surface area contributed by atoms with Crippen LogP contribution in [0.3, 0.4) is 0 Å². The molecule has 2 heterocycles. The molecule has 2 aromatic heterocycles. The van der Waals surface area contributed by atoms with Crippen molar-refractivity contribution in [3.05, 3.63) is 58.4 Å². The van der Waals surface area contributed by atoms with Crippen LogP contribution in [0.4, 0.5) is 10.1 Å². The van der Waals surface area contributed by atoms with Gasteiger partial charge in [0.1, 0.15) is 28.8 Å². The van der Waals surface area contributed by atoms with Gasteiger partial charge in [-0.3, -0.25) is 14.1 Å². The number of sulfonamides is 1. The molecule has 13 heteroatoms. The number of aryl methyl sites for hydroxylation is 1. The minimum atomic E-state index is -4.15. The van der Waals surface area contributed by atoms with Crippen LogP contribution in [0.1, 0.15) is 43.3 Å². The zero-order valence-corrected chi connectivity index (χ0v) is 20.6. The van der Waals surface area contributed by atoms with Crippen molar-refractivity contribution in [2.75, 3.05) is 24.7 Å². The third kappa shape index (κ3) is 5.25. The van der Waals surface area contributed by atoms with Gasteiger partial charge in [-0.05, 0) is 25.0 Å². The van der Waals surface area contributed by atoms with Crippen molar-refractivity contribution in [2.45, 2.75) is 38.0 Å². The highest BCUT2D eigenvalue weighted by molar-refractivity contribution is 7.92. The predicted molar refractivity (Wildman–Crippen MR) is 129 cm³/mol. The maximum absolute atomic E-state index is 13.8. The van der Waals surface area contributed by atoms with Gasteiger partial charge in [-0.25, -0.2) is 22.8 Å². The summed E-state index contributed by atoms with van der Waals surface area (Å²) >= 11 is 0. The van der Waals surface area contributed by atoms with Gasteiger partial charge in [0.2, 0.25) is 15.9 Å². The molecule has 0 saturated heterocycles. The number of methoxy groups -OCH3 is 2. The second kappa shape index (κ2) is 10.5. The minimum absolute atomic E-state index is 0.108. The van der Waals surface area contributed by atoms with Crippen molar-refractivity contribution in [3.63, 3.8) is 0 Å². The molecule has 192 valence electrons. The molecule has 0 aliphatic heterocycles. The molecule has 3 aromatic rings. The lowest BCUT2D eigenvalue weighted by Gasteiger charge is -2.22. The summed E-state index contributed by atoms with van der Waals surface area (Å²) in [6, 6.07) is 4.97. The average molecular weight is 520 g/mol. The highest BCUT2D eigenvalue weighted by Crippen LogP contribution is 2.39. The van der Waals surface area contributed by atoms with Gasteiger partial charge in [0.25, 0.3) is 5.56 Å². The van der Waals surface area contributed by atoms with Crippen LogP contribution in [0, 0.1) is 5.82 Å². The maximum atomic E-state index is 13.8. The maximum Gasteiger partial charge on any atom is 0.286 e. The highest BCUT2D eigenvalue weighted by Gasteiger charge is 2.30. The summed E-state index contributed by atoms with van der Waals surface area (Å²) in [7, 11) is -1.27. The van der Waals surface area contributed by atoms with Gasteiger partial charge >= 0.3 is 0 Å². The van der Waals surface area contributed by atoms with Crippen LogP contribution >= 0.6 is 0 Å². The van der Waals surface area contributed by atoms with Gasteiger partial charge in [-0.1, -0.05) is 18.9 Å². The molecular weight excluding hydrogens is 493 g/mol. The fourth-order valence-corrected chi connectivity index (χ4v) is 5.28. The number of ether oxygens (including phenoxy) is 2. The van der Waals surface area contributed by atoms with Crippen LogP contribution in [0.25, 0.3) is 5.69 Å². The molecule has 1 aromatic carbocycles. The first-order valence-corrected chi connectivity index (χ1v) is 12.9. The SMILES string of the molecule is COc1cccc(OC)c1-n1c(C2CCCC2)nc(O)c(NS(=O)(=O)CCc2ncc(F)cn2)c1=O. The molecule has 0 bridgehead atoms.